The van der Waals surface area contributed by atoms with E-state index in [2.05, 4.69) is 25.6 Å². The Morgan fingerprint density at radius 3 is 2.53 bits per heavy atom. The smallest absolute Gasteiger partial charge is 0.277 e. The summed E-state index contributed by atoms with van der Waals surface area (Å²) in [5.41, 5.74) is 7.40. The van der Waals surface area contributed by atoms with Crippen LogP contribution in [0.2, 0.25) is 10.0 Å². The number of aromatic nitrogens is 2. The average molecular weight is 472 g/mol. The van der Waals surface area contributed by atoms with Gasteiger partial charge in [0.15, 0.2) is 0 Å². The van der Waals surface area contributed by atoms with E-state index in [0.29, 0.717) is 36.3 Å². The van der Waals surface area contributed by atoms with Gasteiger partial charge in [-0.1, -0.05) is 41.4 Å². The molecule has 0 atom stereocenters. The Morgan fingerprint density at radius 1 is 1.10 bits per heavy atom. The van der Waals surface area contributed by atoms with Gasteiger partial charge < -0.3 is 33.5 Å². The van der Waals surface area contributed by atoms with E-state index in [-0.39, 0.29) is 23.9 Å². The Labute approximate surface area is 189 Å². The molecular weight excluding hydrogens is 453 g/mol. The van der Waals surface area contributed by atoms with Crippen molar-refractivity contribution in [2.24, 2.45) is 0 Å². The zero-order valence-corrected chi connectivity index (χ0v) is 18.0. The molecule has 0 saturated heterocycles. The van der Waals surface area contributed by atoms with Crippen molar-refractivity contribution in [2.45, 2.75) is 13.2 Å². The third-order valence-electron chi connectivity index (χ3n) is 3.98. The molecule has 3 rings (SSSR count). The molecule has 11 heteroatoms. The van der Waals surface area contributed by atoms with Crippen molar-refractivity contribution in [3.05, 3.63) is 69.3 Å². The number of nitrogens with one attached hydrogen (secondary N) is 2. The molecule has 0 radical (unpaired) electrons. The lowest BCUT2D eigenvalue weighted by Gasteiger charge is -2.10. The summed E-state index contributed by atoms with van der Waals surface area (Å²) in [4.78, 5) is 11.8. The van der Waals surface area contributed by atoms with Crippen LogP contribution in [0.5, 0.6) is 5.75 Å². The number of nitrogens with zero attached hydrogens (tertiary/aromatic N) is 2. The highest BCUT2D eigenvalue weighted by Gasteiger charge is 2.14. The average Bonchev–Trinajstić information content (AvgIpc) is 3.14. The number of nitrogen functional groups attached to an aromatic ring is 1. The fraction of sp³-hybridized carbons (Fsp3) is 0.211. The topological polar surface area (TPSA) is 115 Å². The molecule has 160 valence electrons. The lowest BCUT2D eigenvalue weighted by Crippen LogP contribution is -3.00. The van der Waals surface area contributed by atoms with Crippen LogP contribution in [0.1, 0.15) is 21.6 Å². The predicted molar refractivity (Wildman–Crippen MR) is 110 cm³/mol. The van der Waals surface area contributed by atoms with Crippen molar-refractivity contribution in [3.8, 4) is 5.75 Å². The highest BCUT2D eigenvalue weighted by molar-refractivity contribution is 6.35. The van der Waals surface area contributed by atoms with Gasteiger partial charge in [-0.05, 0) is 40.1 Å². The Balaban J connectivity index is 0.00000320. The summed E-state index contributed by atoms with van der Waals surface area (Å²) in [5.74, 6) is 0.287. The van der Waals surface area contributed by atoms with E-state index < -0.39 is 5.91 Å². The first-order valence-electron chi connectivity index (χ1n) is 8.75. The molecule has 0 aliphatic rings. The Bertz CT molecular complexity index is 966. The molecule has 0 bridgehead atoms. The van der Waals surface area contributed by atoms with E-state index in [1.807, 2.05) is 30.3 Å². The van der Waals surface area contributed by atoms with Gasteiger partial charge in [0.25, 0.3) is 5.91 Å². The second-order valence-electron chi connectivity index (χ2n) is 6.10. The van der Waals surface area contributed by atoms with Gasteiger partial charge in [-0.2, -0.15) is 0 Å². The second-order valence-corrected chi connectivity index (χ2v) is 6.94. The molecule has 30 heavy (non-hydrogen) atoms. The Hall–Kier alpha value is -2.52. The van der Waals surface area contributed by atoms with Gasteiger partial charge >= 0.3 is 0 Å². The molecule has 0 aliphatic heterocycles. The molecule has 1 amide bonds. The SMILES string of the molecule is Nc1nonc1C(=O)NCCNCc1ccc(OCc2ccc(Cl)cc2Cl)cc1.[Cl-]. The minimum absolute atomic E-state index is 0. The van der Waals surface area contributed by atoms with Gasteiger partial charge in [0.1, 0.15) is 12.4 Å². The summed E-state index contributed by atoms with van der Waals surface area (Å²) in [6.07, 6.45) is 0. The largest absolute Gasteiger partial charge is 1.00 e. The Kier molecular flexibility index (Phi) is 9.19. The van der Waals surface area contributed by atoms with Crippen molar-refractivity contribution in [1.29, 1.82) is 0 Å². The number of nitrogens with two attached hydrogens (primary N) is 1. The van der Waals surface area contributed by atoms with Crippen LogP contribution < -0.4 is 33.5 Å². The molecule has 0 unspecified atom stereocenters. The van der Waals surface area contributed by atoms with Crippen LogP contribution in [0.25, 0.3) is 0 Å². The lowest BCUT2D eigenvalue weighted by atomic mass is 10.2. The number of benzene rings is 2. The third-order valence-corrected chi connectivity index (χ3v) is 4.57. The van der Waals surface area contributed by atoms with Crippen LogP contribution >= 0.6 is 23.2 Å². The van der Waals surface area contributed by atoms with Crippen molar-refractivity contribution >= 4 is 34.9 Å². The van der Waals surface area contributed by atoms with Crippen LogP contribution in [0.4, 0.5) is 5.82 Å². The molecule has 0 spiro atoms. The fourth-order valence-corrected chi connectivity index (χ4v) is 2.90. The number of hydrogen-bond donors (Lipinski definition) is 3. The molecule has 1 aromatic heterocycles. The van der Waals surface area contributed by atoms with E-state index in [0.717, 1.165) is 16.9 Å². The summed E-state index contributed by atoms with van der Waals surface area (Å²) in [7, 11) is 0. The van der Waals surface area contributed by atoms with Gasteiger partial charge in [0, 0.05) is 35.2 Å². The molecule has 0 saturated carbocycles. The number of ether oxygens (including phenoxy) is 1. The van der Waals surface area contributed by atoms with E-state index in [9.17, 15) is 4.79 Å². The van der Waals surface area contributed by atoms with Gasteiger partial charge in [0.05, 0.1) is 0 Å². The van der Waals surface area contributed by atoms with Crippen molar-refractivity contribution in [2.75, 3.05) is 18.8 Å². The first kappa shape index (κ1) is 23.8. The maximum Gasteiger partial charge on any atom is 0.277 e. The molecule has 8 nitrogen and oxygen atoms in total. The maximum absolute atomic E-state index is 11.8. The number of halogens is 3. The third kappa shape index (κ3) is 6.77. The summed E-state index contributed by atoms with van der Waals surface area (Å²) >= 11 is 12.0. The van der Waals surface area contributed by atoms with Crippen LogP contribution in [0, 0.1) is 0 Å². The standard InChI is InChI=1S/C19H19Cl2N5O3.ClH/c20-14-4-3-13(16(21)9-14)11-28-15-5-1-12(2-6-15)10-23-7-8-24-19(27)17-18(22)26-29-25-17;/h1-6,9,23H,7-8,10-11H2,(H2,22,26)(H,24,27);1H/p-1. The monoisotopic (exact) mass is 470 g/mol. The second kappa shape index (κ2) is 11.6. The van der Waals surface area contributed by atoms with E-state index in [4.69, 9.17) is 33.7 Å². The number of anilines is 1. The Morgan fingerprint density at radius 2 is 1.87 bits per heavy atom. The minimum atomic E-state index is -0.423. The summed E-state index contributed by atoms with van der Waals surface area (Å²) in [6, 6.07) is 13.0. The highest BCUT2D eigenvalue weighted by Crippen LogP contribution is 2.22. The van der Waals surface area contributed by atoms with E-state index in [1.54, 1.807) is 12.1 Å². The number of rotatable bonds is 9. The van der Waals surface area contributed by atoms with Crippen molar-refractivity contribution < 1.29 is 26.6 Å². The zero-order chi connectivity index (χ0) is 20.6. The molecule has 1 heterocycles. The molecule has 2 aromatic carbocycles. The van der Waals surface area contributed by atoms with Crippen LogP contribution in [0.3, 0.4) is 0 Å². The number of carbonyl (C=O) groups excluding carboxylic acids is 1. The van der Waals surface area contributed by atoms with Crippen molar-refractivity contribution in [3.63, 3.8) is 0 Å². The quantitative estimate of drug-likeness (QED) is 0.378. The number of hydrogen-bond acceptors (Lipinski definition) is 7. The van der Waals surface area contributed by atoms with E-state index in [1.165, 1.54) is 0 Å². The predicted octanol–water partition coefficient (Wildman–Crippen LogP) is 0.0612. The van der Waals surface area contributed by atoms with Gasteiger partial charge in [0.2, 0.25) is 11.5 Å². The maximum atomic E-state index is 11.8. The number of carbonyl (C=O) groups is 1. The van der Waals surface area contributed by atoms with Gasteiger partial charge in [-0.3, -0.25) is 4.79 Å². The summed E-state index contributed by atoms with van der Waals surface area (Å²) in [5, 5.41) is 13.9. The van der Waals surface area contributed by atoms with Gasteiger partial charge in [-0.15, -0.1) is 0 Å². The molecular formula is C19H19Cl3N5O3-. The first-order chi connectivity index (χ1) is 14.0. The molecule has 3 aromatic rings. The van der Waals surface area contributed by atoms with E-state index >= 15 is 0 Å². The normalized spacial score (nSPS) is 10.3. The molecule has 0 aliphatic carbocycles. The van der Waals surface area contributed by atoms with Crippen molar-refractivity contribution in [1.82, 2.24) is 20.9 Å². The molecule has 0 fully saturated rings. The summed E-state index contributed by atoms with van der Waals surface area (Å²) < 4.78 is 10.1. The molecule has 4 N–H and O–H groups in total. The van der Waals surface area contributed by atoms with Crippen LogP contribution in [-0.2, 0) is 13.2 Å². The fourth-order valence-electron chi connectivity index (χ4n) is 2.44. The first-order valence-corrected chi connectivity index (χ1v) is 9.51. The summed E-state index contributed by atoms with van der Waals surface area (Å²) in [6.45, 7) is 1.99. The lowest BCUT2D eigenvalue weighted by molar-refractivity contribution is -0.0000150. The highest BCUT2D eigenvalue weighted by atomic mass is 35.5. The number of amides is 1. The zero-order valence-electron chi connectivity index (χ0n) is 15.7. The minimum Gasteiger partial charge on any atom is -1.00 e. The van der Waals surface area contributed by atoms with Gasteiger partial charge in [-0.25, -0.2) is 4.63 Å². The van der Waals surface area contributed by atoms with Crippen LogP contribution in [0.15, 0.2) is 47.1 Å². The van der Waals surface area contributed by atoms with Crippen LogP contribution in [-0.4, -0.2) is 29.3 Å².